The van der Waals surface area contributed by atoms with Crippen LogP contribution in [-0.2, 0) is 19.4 Å². The van der Waals surface area contributed by atoms with Gasteiger partial charge in [-0.3, -0.25) is 14.2 Å². The summed E-state index contributed by atoms with van der Waals surface area (Å²) >= 11 is 0. The number of rotatable bonds is 6. The van der Waals surface area contributed by atoms with Gasteiger partial charge in [-0.15, -0.1) is 0 Å². The van der Waals surface area contributed by atoms with Crippen LogP contribution in [0.25, 0.3) is 0 Å². The molecule has 4 aromatic rings. The number of amides is 1. The molecule has 34 heavy (non-hydrogen) atoms. The normalized spacial score (nSPS) is 11.7. The van der Waals surface area contributed by atoms with Crippen molar-refractivity contribution >= 4 is 11.6 Å². The molecule has 0 spiro atoms. The molecule has 0 bridgehead atoms. The third-order valence-corrected chi connectivity index (χ3v) is 5.46. The zero-order valence-electron chi connectivity index (χ0n) is 19.2. The van der Waals surface area contributed by atoms with Gasteiger partial charge in [-0.2, -0.15) is 28.5 Å². The number of anilines is 1. The van der Waals surface area contributed by atoms with E-state index < -0.39 is 17.6 Å². The minimum atomic E-state index is -4.41. The molecule has 0 fully saturated rings. The predicted molar refractivity (Wildman–Crippen MR) is 120 cm³/mol. The summed E-state index contributed by atoms with van der Waals surface area (Å²) in [5.41, 5.74) is 3.55. The van der Waals surface area contributed by atoms with E-state index in [1.54, 1.807) is 46.2 Å². The zero-order chi connectivity index (χ0) is 24.6. The summed E-state index contributed by atoms with van der Waals surface area (Å²) in [5, 5.41) is 15.9. The summed E-state index contributed by atoms with van der Waals surface area (Å²) in [5.74, 6) is -0.406. The first-order valence-corrected chi connectivity index (χ1v) is 10.6. The topological polar surface area (TPSA) is 82.6 Å². The van der Waals surface area contributed by atoms with E-state index in [1.807, 2.05) is 19.9 Å². The van der Waals surface area contributed by atoms with E-state index >= 15 is 0 Å². The third kappa shape index (κ3) is 4.87. The van der Waals surface area contributed by atoms with Crippen LogP contribution in [0.1, 0.15) is 44.4 Å². The Kier molecular flexibility index (Phi) is 6.03. The van der Waals surface area contributed by atoms with Crippen molar-refractivity contribution in [3.63, 3.8) is 0 Å². The molecule has 178 valence electrons. The summed E-state index contributed by atoms with van der Waals surface area (Å²) < 4.78 is 44.0. The van der Waals surface area contributed by atoms with Gasteiger partial charge in [0, 0.05) is 11.9 Å². The lowest BCUT2D eigenvalue weighted by Gasteiger charge is -2.10. The molecule has 0 radical (unpaired) electrons. The van der Waals surface area contributed by atoms with Gasteiger partial charge in [-0.05, 0) is 57.5 Å². The Morgan fingerprint density at radius 1 is 1.00 bits per heavy atom. The summed E-state index contributed by atoms with van der Waals surface area (Å²) in [6, 6.07) is 8.68. The maximum atomic E-state index is 13.0. The summed E-state index contributed by atoms with van der Waals surface area (Å²) in [7, 11) is 0. The number of halogens is 3. The van der Waals surface area contributed by atoms with Gasteiger partial charge in [0.25, 0.3) is 5.91 Å². The number of carbonyl (C=O) groups excluding carboxylic acids is 1. The highest BCUT2D eigenvalue weighted by Gasteiger charge is 2.30. The average molecular weight is 471 g/mol. The van der Waals surface area contributed by atoms with Crippen molar-refractivity contribution < 1.29 is 18.0 Å². The van der Waals surface area contributed by atoms with Crippen LogP contribution < -0.4 is 5.32 Å². The van der Waals surface area contributed by atoms with Gasteiger partial charge in [-0.1, -0.05) is 12.1 Å². The number of benzene rings is 1. The molecule has 1 N–H and O–H groups in total. The van der Waals surface area contributed by atoms with Gasteiger partial charge >= 0.3 is 6.18 Å². The number of carbonyl (C=O) groups is 1. The predicted octanol–water partition coefficient (Wildman–Crippen LogP) is 4.33. The maximum Gasteiger partial charge on any atom is 0.416 e. The molecule has 11 heteroatoms. The molecule has 0 aliphatic rings. The van der Waals surface area contributed by atoms with E-state index in [1.165, 1.54) is 6.07 Å². The standard InChI is InChI=1S/C23H24F3N7O/c1-14-10-15(2)33(28-14)13-31-9-8-20(30-31)22(34)27-21-16(3)29-32(17(21)4)12-18-6-5-7-19(11-18)23(24,25)26/h5-11H,12-13H2,1-4H3,(H,27,34). The largest absolute Gasteiger partial charge is 0.416 e. The molecule has 1 amide bonds. The molecule has 4 rings (SSSR count). The fraction of sp³-hybridized carbons (Fsp3) is 0.304. The summed E-state index contributed by atoms with van der Waals surface area (Å²) in [4.78, 5) is 12.8. The van der Waals surface area contributed by atoms with E-state index in [4.69, 9.17) is 0 Å². The SMILES string of the molecule is Cc1cc(C)n(Cn2ccc(C(=O)Nc3c(C)nn(Cc4cccc(C(F)(F)F)c4)c3C)n2)n1. The highest BCUT2D eigenvalue weighted by Crippen LogP contribution is 2.30. The quantitative estimate of drug-likeness (QED) is 0.454. The van der Waals surface area contributed by atoms with Crippen LogP contribution in [0.2, 0.25) is 0 Å². The van der Waals surface area contributed by atoms with Crippen LogP contribution in [0.3, 0.4) is 0 Å². The summed E-state index contributed by atoms with van der Waals surface area (Å²) in [6.45, 7) is 7.85. The van der Waals surface area contributed by atoms with Gasteiger partial charge in [0.2, 0.25) is 0 Å². The van der Waals surface area contributed by atoms with Crippen LogP contribution in [0.5, 0.6) is 0 Å². The fourth-order valence-corrected chi connectivity index (χ4v) is 3.75. The Morgan fingerprint density at radius 3 is 2.44 bits per heavy atom. The number of nitrogens with one attached hydrogen (secondary N) is 1. The summed E-state index contributed by atoms with van der Waals surface area (Å²) in [6.07, 6.45) is -2.72. The lowest BCUT2D eigenvalue weighted by atomic mass is 10.1. The number of hydrogen-bond acceptors (Lipinski definition) is 4. The van der Waals surface area contributed by atoms with Gasteiger partial charge in [0.15, 0.2) is 5.69 Å². The Balaban J connectivity index is 1.48. The second-order valence-electron chi connectivity index (χ2n) is 8.16. The monoisotopic (exact) mass is 471 g/mol. The first kappa shape index (κ1) is 23.3. The number of aromatic nitrogens is 6. The van der Waals surface area contributed by atoms with Crippen molar-refractivity contribution in [2.75, 3.05) is 5.32 Å². The van der Waals surface area contributed by atoms with Crippen LogP contribution >= 0.6 is 0 Å². The molecule has 0 saturated carbocycles. The highest BCUT2D eigenvalue weighted by molar-refractivity contribution is 6.03. The number of nitrogens with zero attached hydrogens (tertiary/aromatic N) is 6. The molecule has 0 aliphatic heterocycles. The van der Waals surface area contributed by atoms with Gasteiger partial charge in [0.1, 0.15) is 6.67 Å². The first-order chi connectivity index (χ1) is 16.0. The molecule has 0 unspecified atom stereocenters. The molecule has 3 heterocycles. The maximum absolute atomic E-state index is 13.0. The van der Waals surface area contributed by atoms with Crippen LogP contribution in [-0.4, -0.2) is 35.2 Å². The lowest BCUT2D eigenvalue weighted by Crippen LogP contribution is -2.16. The number of hydrogen-bond donors (Lipinski definition) is 1. The highest BCUT2D eigenvalue weighted by atomic mass is 19.4. The van der Waals surface area contributed by atoms with E-state index in [9.17, 15) is 18.0 Å². The third-order valence-electron chi connectivity index (χ3n) is 5.46. The van der Waals surface area contributed by atoms with Crippen molar-refractivity contribution in [1.82, 2.24) is 29.3 Å². The number of alkyl halides is 3. The minimum Gasteiger partial charge on any atom is -0.317 e. The number of aryl methyl sites for hydroxylation is 3. The van der Waals surface area contributed by atoms with E-state index in [2.05, 4.69) is 20.6 Å². The molecule has 0 atom stereocenters. The first-order valence-electron chi connectivity index (χ1n) is 10.6. The van der Waals surface area contributed by atoms with Crippen molar-refractivity contribution in [3.8, 4) is 0 Å². The van der Waals surface area contributed by atoms with Crippen molar-refractivity contribution in [2.45, 2.75) is 47.1 Å². The minimum absolute atomic E-state index is 0.143. The van der Waals surface area contributed by atoms with Gasteiger partial charge in [-0.25, -0.2) is 4.68 Å². The molecular weight excluding hydrogens is 447 g/mol. The molecule has 3 aromatic heterocycles. The molecular formula is C23H24F3N7O. The van der Waals surface area contributed by atoms with Gasteiger partial charge < -0.3 is 5.32 Å². The smallest absolute Gasteiger partial charge is 0.317 e. The Morgan fingerprint density at radius 2 is 1.76 bits per heavy atom. The Labute approximate surface area is 194 Å². The zero-order valence-corrected chi connectivity index (χ0v) is 19.2. The fourth-order valence-electron chi connectivity index (χ4n) is 3.75. The second kappa shape index (κ2) is 8.81. The average Bonchev–Trinajstić information content (AvgIpc) is 3.42. The van der Waals surface area contributed by atoms with Crippen molar-refractivity contribution in [3.05, 3.63) is 82.2 Å². The Bertz CT molecular complexity index is 1350. The van der Waals surface area contributed by atoms with E-state index in [0.29, 0.717) is 29.3 Å². The Hall–Kier alpha value is -3.89. The van der Waals surface area contributed by atoms with Crippen LogP contribution in [0.4, 0.5) is 18.9 Å². The molecule has 0 aliphatic carbocycles. The van der Waals surface area contributed by atoms with Gasteiger partial charge in [0.05, 0.1) is 34.9 Å². The lowest BCUT2D eigenvalue weighted by molar-refractivity contribution is -0.137. The van der Waals surface area contributed by atoms with E-state index in [0.717, 1.165) is 23.5 Å². The molecule has 1 aromatic carbocycles. The van der Waals surface area contributed by atoms with Crippen molar-refractivity contribution in [1.29, 1.82) is 0 Å². The van der Waals surface area contributed by atoms with Crippen LogP contribution in [0, 0.1) is 27.7 Å². The van der Waals surface area contributed by atoms with Crippen LogP contribution in [0.15, 0.2) is 42.6 Å². The van der Waals surface area contributed by atoms with Crippen molar-refractivity contribution in [2.24, 2.45) is 0 Å². The molecule has 8 nitrogen and oxygen atoms in total. The van der Waals surface area contributed by atoms with E-state index in [-0.39, 0.29) is 12.2 Å². The second-order valence-corrected chi connectivity index (χ2v) is 8.16. The molecule has 0 saturated heterocycles.